The molecule has 0 aliphatic heterocycles. The molecule has 17 heavy (non-hydrogen) atoms. The number of aryl methyl sites for hydroxylation is 2. The highest BCUT2D eigenvalue weighted by Crippen LogP contribution is 2.30. The van der Waals surface area contributed by atoms with Gasteiger partial charge in [-0.2, -0.15) is 4.98 Å². The van der Waals surface area contributed by atoms with E-state index in [2.05, 4.69) is 39.7 Å². The van der Waals surface area contributed by atoms with Gasteiger partial charge in [-0.25, -0.2) is 0 Å². The molecule has 2 aromatic rings. The number of nitrogens with one attached hydrogen (secondary N) is 1. The Kier molecular flexibility index (Phi) is 2.65. The van der Waals surface area contributed by atoms with Crippen molar-refractivity contribution in [2.45, 2.75) is 32.4 Å². The van der Waals surface area contributed by atoms with E-state index in [1.54, 1.807) is 6.92 Å². The lowest BCUT2D eigenvalue weighted by molar-refractivity contribution is 0.383. The average molecular weight is 229 g/mol. The number of benzene rings is 1. The molecular weight excluding hydrogens is 214 g/mol. The van der Waals surface area contributed by atoms with Crippen molar-refractivity contribution in [3.8, 4) is 0 Å². The zero-order chi connectivity index (χ0) is 11.7. The summed E-state index contributed by atoms with van der Waals surface area (Å²) >= 11 is 0. The van der Waals surface area contributed by atoms with Crippen molar-refractivity contribution in [2.75, 3.05) is 0 Å². The molecule has 0 saturated heterocycles. The maximum atomic E-state index is 4.95. The third-order valence-electron chi connectivity index (χ3n) is 3.21. The van der Waals surface area contributed by atoms with E-state index in [0.717, 1.165) is 18.7 Å². The zero-order valence-electron chi connectivity index (χ0n) is 9.81. The maximum absolute atomic E-state index is 4.95. The molecule has 0 bridgehead atoms. The molecule has 1 unspecified atom stereocenters. The van der Waals surface area contributed by atoms with E-state index in [-0.39, 0.29) is 0 Å². The smallest absolute Gasteiger partial charge is 0.223 e. The zero-order valence-corrected chi connectivity index (χ0v) is 9.81. The summed E-state index contributed by atoms with van der Waals surface area (Å²) in [6.45, 7) is 2.47. The SMILES string of the molecule is Cc1nc(CNC2CCc3ccccc32)no1. The quantitative estimate of drug-likeness (QED) is 0.876. The molecule has 3 rings (SSSR count). The third kappa shape index (κ3) is 2.08. The Morgan fingerprint density at radius 1 is 1.41 bits per heavy atom. The van der Waals surface area contributed by atoms with Crippen LogP contribution in [0.1, 0.15) is 35.3 Å². The lowest BCUT2D eigenvalue weighted by Crippen LogP contribution is -2.19. The third-order valence-corrected chi connectivity index (χ3v) is 3.21. The Bertz CT molecular complexity index is 521. The molecule has 4 nitrogen and oxygen atoms in total. The van der Waals surface area contributed by atoms with Crippen LogP contribution in [0.2, 0.25) is 0 Å². The van der Waals surface area contributed by atoms with E-state index in [1.807, 2.05) is 0 Å². The summed E-state index contributed by atoms with van der Waals surface area (Å²) in [4.78, 5) is 4.19. The summed E-state index contributed by atoms with van der Waals surface area (Å²) < 4.78 is 4.95. The molecule has 0 spiro atoms. The number of aromatic nitrogens is 2. The standard InChI is InChI=1S/C13H15N3O/c1-9-15-13(16-17-9)8-14-12-7-6-10-4-2-3-5-11(10)12/h2-5,12,14H,6-8H2,1H3. The normalized spacial score (nSPS) is 18.3. The molecule has 1 aliphatic rings. The highest BCUT2D eigenvalue weighted by Gasteiger charge is 2.21. The summed E-state index contributed by atoms with van der Waals surface area (Å²) in [5.74, 6) is 1.35. The van der Waals surface area contributed by atoms with Crippen LogP contribution < -0.4 is 5.32 Å². The molecule has 0 saturated carbocycles. The molecule has 0 radical (unpaired) electrons. The van der Waals surface area contributed by atoms with Crippen molar-refractivity contribution < 1.29 is 4.52 Å². The van der Waals surface area contributed by atoms with Crippen LogP contribution in [0.25, 0.3) is 0 Å². The van der Waals surface area contributed by atoms with Crippen molar-refractivity contribution in [3.63, 3.8) is 0 Å². The Morgan fingerprint density at radius 2 is 2.29 bits per heavy atom. The fourth-order valence-corrected chi connectivity index (χ4v) is 2.40. The number of fused-ring (bicyclic) bond motifs is 1. The van der Waals surface area contributed by atoms with Gasteiger partial charge >= 0.3 is 0 Å². The highest BCUT2D eigenvalue weighted by molar-refractivity contribution is 5.34. The Labute approximate surface area is 100 Å². The Balaban J connectivity index is 1.68. The van der Waals surface area contributed by atoms with Gasteiger partial charge in [-0.3, -0.25) is 0 Å². The van der Waals surface area contributed by atoms with Gasteiger partial charge in [-0.15, -0.1) is 0 Å². The topological polar surface area (TPSA) is 51.0 Å². The fourth-order valence-electron chi connectivity index (χ4n) is 2.40. The van der Waals surface area contributed by atoms with E-state index < -0.39 is 0 Å². The predicted octanol–water partition coefficient (Wildman–Crippen LogP) is 2.16. The summed E-state index contributed by atoms with van der Waals surface area (Å²) in [7, 11) is 0. The second-order valence-electron chi connectivity index (χ2n) is 4.40. The van der Waals surface area contributed by atoms with Crippen LogP contribution in [0, 0.1) is 6.92 Å². The van der Waals surface area contributed by atoms with Crippen LogP contribution in [0.5, 0.6) is 0 Å². The minimum absolute atomic E-state index is 0.421. The second kappa shape index (κ2) is 4.30. The molecule has 1 aromatic carbocycles. The molecule has 1 N–H and O–H groups in total. The van der Waals surface area contributed by atoms with Gasteiger partial charge in [0.1, 0.15) is 0 Å². The lowest BCUT2D eigenvalue weighted by atomic mass is 10.1. The van der Waals surface area contributed by atoms with E-state index in [4.69, 9.17) is 4.52 Å². The average Bonchev–Trinajstić information content (AvgIpc) is 2.93. The van der Waals surface area contributed by atoms with Crippen molar-refractivity contribution in [3.05, 3.63) is 47.1 Å². The van der Waals surface area contributed by atoms with Crippen LogP contribution in [-0.4, -0.2) is 10.1 Å². The number of rotatable bonds is 3. The van der Waals surface area contributed by atoms with Gasteiger partial charge in [0.15, 0.2) is 5.82 Å². The first kappa shape index (κ1) is 10.5. The van der Waals surface area contributed by atoms with E-state index in [0.29, 0.717) is 18.5 Å². The second-order valence-corrected chi connectivity index (χ2v) is 4.40. The van der Waals surface area contributed by atoms with E-state index in [1.165, 1.54) is 11.1 Å². The highest BCUT2D eigenvalue weighted by atomic mass is 16.5. The van der Waals surface area contributed by atoms with Gasteiger partial charge in [-0.05, 0) is 24.0 Å². The molecule has 4 heteroatoms. The molecule has 0 amide bonds. The maximum Gasteiger partial charge on any atom is 0.223 e. The minimum Gasteiger partial charge on any atom is -0.340 e. The molecule has 0 fully saturated rings. The summed E-state index contributed by atoms with van der Waals surface area (Å²) in [5, 5.41) is 7.37. The largest absolute Gasteiger partial charge is 0.340 e. The molecule has 1 aromatic heterocycles. The fraction of sp³-hybridized carbons (Fsp3) is 0.385. The summed E-state index contributed by atoms with van der Waals surface area (Å²) in [6.07, 6.45) is 2.30. The minimum atomic E-state index is 0.421. The Hall–Kier alpha value is -1.68. The van der Waals surface area contributed by atoms with Gasteiger partial charge in [0.25, 0.3) is 0 Å². The molecule has 1 atom stereocenters. The first-order valence-electron chi connectivity index (χ1n) is 5.93. The number of hydrogen-bond donors (Lipinski definition) is 1. The van der Waals surface area contributed by atoms with Crippen LogP contribution in [0.4, 0.5) is 0 Å². The molecule has 1 heterocycles. The monoisotopic (exact) mass is 229 g/mol. The summed E-state index contributed by atoms with van der Waals surface area (Å²) in [6, 6.07) is 9.02. The number of hydrogen-bond acceptors (Lipinski definition) is 4. The first-order valence-corrected chi connectivity index (χ1v) is 5.93. The molecule has 1 aliphatic carbocycles. The molecular formula is C13H15N3O. The predicted molar refractivity (Wildman–Crippen MR) is 63.4 cm³/mol. The summed E-state index contributed by atoms with van der Waals surface area (Å²) in [5.41, 5.74) is 2.86. The van der Waals surface area contributed by atoms with Gasteiger partial charge in [0.05, 0.1) is 6.54 Å². The van der Waals surface area contributed by atoms with Crippen molar-refractivity contribution >= 4 is 0 Å². The number of nitrogens with zero attached hydrogens (tertiary/aromatic N) is 2. The van der Waals surface area contributed by atoms with E-state index in [9.17, 15) is 0 Å². The Morgan fingerprint density at radius 3 is 3.12 bits per heavy atom. The van der Waals surface area contributed by atoms with Crippen molar-refractivity contribution in [1.29, 1.82) is 0 Å². The van der Waals surface area contributed by atoms with Crippen LogP contribution in [0.15, 0.2) is 28.8 Å². The van der Waals surface area contributed by atoms with Gasteiger partial charge in [0.2, 0.25) is 5.89 Å². The first-order chi connectivity index (χ1) is 8.33. The van der Waals surface area contributed by atoms with Gasteiger partial charge < -0.3 is 9.84 Å². The van der Waals surface area contributed by atoms with Gasteiger partial charge in [-0.1, -0.05) is 29.4 Å². The van der Waals surface area contributed by atoms with Crippen LogP contribution >= 0.6 is 0 Å². The van der Waals surface area contributed by atoms with Crippen LogP contribution in [0.3, 0.4) is 0 Å². The van der Waals surface area contributed by atoms with E-state index >= 15 is 0 Å². The van der Waals surface area contributed by atoms with Gasteiger partial charge in [0, 0.05) is 13.0 Å². The van der Waals surface area contributed by atoms with Crippen LogP contribution in [-0.2, 0) is 13.0 Å². The lowest BCUT2D eigenvalue weighted by Gasteiger charge is -2.12. The molecule has 88 valence electrons. The van der Waals surface area contributed by atoms with Crippen molar-refractivity contribution in [1.82, 2.24) is 15.5 Å². The van der Waals surface area contributed by atoms with Crippen molar-refractivity contribution in [2.24, 2.45) is 0 Å².